The predicted octanol–water partition coefficient (Wildman–Crippen LogP) is 3.62. The van der Waals surface area contributed by atoms with Crippen LogP contribution in [0.4, 0.5) is 4.79 Å². The van der Waals surface area contributed by atoms with Crippen LogP contribution >= 0.6 is 0 Å². The summed E-state index contributed by atoms with van der Waals surface area (Å²) in [6, 6.07) is 0. The molecule has 0 saturated heterocycles. The van der Waals surface area contributed by atoms with Gasteiger partial charge in [-0.25, -0.2) is 9.59 Å². The smallest absolute Gasteiger partial charge is 0.428 e. The maximum absolute atomic E-state index is 11.9. The van der Waals surface area contributed by atoms with Crippen LogP contribution in [0.15, 0.2) is 27.6 Å². The number of carbonyl (C=O) groups is 3. The lowest BCUT2D eigenvalue weighted by Gasteiger charge is -2.28. The van der Waals surface area contributed by atoms with Gasteiger partial charge < -0.3 is 14.2 Å². The van der Waals surface area contributed by atoms with Gasteiger partial charge in [-0.15, -0.1) is 0 Å². The molecule has 0 aliphatic carbocycles. The monoisotopic (exact) mass is 342 g/mol. The molecule has 0 saturated carbocycles. The Morgan fingerprint density at radius 1 is 1.12 bits per heavy atom. The van der Waals surface area contributed by atoms with E-state index in [2.05, 4.69) is 15.7 Å². The molecule has 8 heteroatoms. The molecule has 1 rings (SSSR count). The summed E-state index contributed by atoms with van der Waals surface area (Å²) >= 11 is 0. The fraction of sp³-hybridized carbons (Fsp3) is 0.562. The van der Waals surface area contributed by atoms with Crippen molar-refractivity contribution in [3.8, 4) is 0 Å². The van der Waals surface area contributed by atoms with Crippen molar-refractivity contribution < 1.29 is 37.7 Å². The first-order valence-corrected chi connectivity index (χ1v) is 7.40. The van der Waals surface area contributed by atoms with Gasteiger partial charge in [0.25, 0.3) is 11.5 Å². The second-order valence-corrected chi connectivity index (χ2v) is 6.22. The Morgan fingerprint density at radius 3 is 2.17 bits per heavy atom. The topological polar surface area (TPSA) is 105 Å². The lowest BCUT2D eigenvalue weighted by molar-refractivity contribution is -0.200. The predicted molar refractivity (Wildman–Crippen MR) is 81.2 cm³/mol. The fourth-order valence-corrected chi connectivity index (χ4v) is 1.83. The standard InChI is InChI=1S/C16H22O8/c1-7-8-15(3,4)22-14(19)23-16(5,6)21-13(18)10(2)12(17)11-9-20-24-11/h9H,2,7-8H2,1,3-6H3. The van der Waals surface area contributed by atoms with Gasteiger partial charge in [0.15, 0.2) is 6.26 Å². The van der Waals surface area contributed by atoms with E-state index >= 15 is 0 Å². The van der Waals surface area contributed by atoms with Crippen LogP contribution in [-0.4, -0.2) is 29.3 Å². The zero-order chi connectivity index (χ0) is 18.5. The highest BCUT2D eigenvalue weighted by Gasteiger charge is 2.34. The van der Waals surface area contributed by atoms with E-state index in [0.717, 1.165) is 12.7 Å². The minimum Gasteiger partial charge on any atom is -0.428 e. The van der Waals surface area contributed by atoms with Gasteiger partial charge in [-0.2, -0.15) is 0 Å². The number of hydrogen-bond donors (Lipinski definition) is 0. The first kappa shape index (κ1) is 19.5. The summed E-state index contributed by atoms with van der Waals surface area (Å²) in [5.41, 5.74) is -1.19. The molecule has 0 bridgehead atoms. The Balaban J connectivity index is 2.59. The minimum absolute atomic E-state index is 0.170. The van der Waals surface area contributed by atoms with Crippen LogP contribution in [0, 0.1) is 0 Å². The van der Waals surface area contributed by atoms with Crippen molar-refractivity contribution in [1.29, 1.82) is 0 Å². The molecule has 8 nitrogen and oxygen atoms in total. The van der Waals surface area contributed by atoms with Crippen molar-refractivity contribution in [3.63, 3.8) is 0 Å². The molecule has 134 valence electrons. The summed E-state index contributed by atoms with van der Waals surface area (Å²) in [5.74, 6) is -3.66. The van der Waals surface area contributed by atoms with E-state index in [0.29, 0.717) is 6.42 Å². The van der Waals surface area contributed by atoms with E-state index in [1.165, 1.54) is 13.8 Å². The second kappa shape index (κ2) is 7.37. The summed E-state index contributed by atoms with van der Waals surface area (Å²) in [7, 11) is 0. The summed E-state index contributed by atoms with van der Waals surface area (Å²) in [4.78, 5) is 35.5. The van der Waals surface area contributed by atoms with Crippen LogP contribution in [0.5, 0.6) is 0 Å². The maximum Gasteiger partial charge on any atom is 0.512 e. The van der Waals surface area contributed by atoms with Crippen LogP contribution in [0.1, 0.15) is 58.0 Å². The molecule has 0 N–H and O–H groups in total. The van der Waals surface area contributed by atoms with Gasteiger partial charge in [-0.05, 0) is 20.3 Å². The molecular weight excluding hydrogens is 320 g/mol. The zero-order valence-corrected chi connectivity index (χ0v) is 14.5. The molecule has 24 heavy (non-hydrogen) atoms. The average molecular weight is 342 g/mol. The largest absolute Gasteiger partial charge is 0.512 e. The summed E-state index contributed by atoms with van der Waals surface area (Å²) in [5, 5.41) is 0. The summed E-state index contributed by atoms with van der Waals surface area (Å²) < 4.78 is 23.8. The van der Waals surface area contributed by atoms with E-state index in [4.69, 9.17) is 14.2 Å². The van der Waals surface area contributed by atoms with E-state index in [1.54, 1.807) is 13.8 Å². The Kier molecular flexibility index (Phi) is 6.00. The van der Waals surface area contributed by atoms with Crippen LogP contribution in [0.3, 0.4) is 0 Å². The third kappa shape index (κ3) is 5.60. The van der Waals surface area contributed by atoms with Crippen molar-refractivity contribution >= 4 is 17.9 Å². The molecule has 0 radical (unpaired) electrons. The van der Waals surface area contributed by atoms with Crippen LogP contribution in [0.25, 0.3) is 0 Å². The maximum atomic E-state index is 11.9. The zero-order valence-electron chi connectivity index (χ0n) is 14.5. The molecule has 0 aromatic carbocycles. The lowest BCUT2D eigenvalue weighted by Crippen LogP contribution is -2.38. The number of esters is 1. The summed E-state index contributed by atoms with van der Waals surface area (Å²) in [6.45, 7) is 11.4. The van der Waals surface area contributed by atoms with E-state index in [-0.39, 0.29) is 5.76 Å². The first-order chi connectivity index (χ1) is 11.0. The second-order valence-electron chi connectivity index (χ2n) is 6.22. The SMILES string of the molecule is C=C(C(=O)OC(C)(C)OC(=O)OC(C)(C)CCC)C(=O)c1coo1. The average Bonchev–Trinajstić information content (AvgIpc) is 2.32. The van der Waals surface area contributed by atoms with E-state index < -0.39 is 34.9 Å². The van der Waals surface area contributed by atoms with Gasteiger partial charge in [-0.3, -0.25) is 13.9 Å². The van der Waals surface area contributed by atoms with Crippen molar-refractivity contribution in [2.75, 3.05) is 0 Å². The highest BCUT2D eigenvalue weighted by Crippen LogP contribution is 2.21. The molecule has 0 fully saturated rings. The summed E-state index contributed by atoms with van der Waals surface area (Å²) in [6.07, 6.45) is 1.50. The van der Waals surface area contributed by atoms with Crippen molar-refractivity contribution in [2.24, 2.45) is 0 Å². The van der Waals surface area contributed by atoms with Gasteiger partial charge in [0.05, 0.1) is 0 Å². The lowest BCUT2D eigenvalue weighted by atomic mass is 10.0. The highest BCUT2D eigenvalue weighted by molar-refractivity contribution is 6.22. The molecule has 0 amide bonds. The molecular formula is C16H22O8. The highest BCUT2D eigenvalue weighted by atomic mass is 17.0. The molecule has 1 aromatic rings. The quantitative estimate of drug-likeness (QED) is 0.134. The van der Waals surface area contributed by atoms with Crippen LogP contribution < -0.4 is 0 Å². The first-order valence-electron chi connectivity index (χ1n) is 7.40. The van der Waals surface area contributed by atoms with Crippen LogP contribution in [0.2, 0.25) is 0 Å². The molecule has 1 aromatic heterocycles. The van der Waals surface area contributed by atoms with Crippen molar-refractivity contribution in [2.45, 2.75) is 58.8 Å². The molecule has 0 spiro atoms. The fourth-order valence-electron chi connectivity index (χ4n) is 1.83. The Morgan fingerprint density at radius 2 is 1.71 bits per heavy atom. The number of Topliss-reactive ketones (excluding diaryl/α,β-unsaturated/α-hetero) is 1. The van der Waals surface area contributed by atoms with Crippen molar-refractivity contribution in [1.82, 2.24) is 0 Å². The third-order valence-electron chi connectivity index (χ3n) is 2.92. The molecule has 0 aliphatic rings. The van der Waals surface area contributed by atoms with Gasteiger partial charge in [0.2, 0.25) is 5.78 Å². The molecule has 0 aliphatic heterocycles. The minimum atomic E-state index is -1.65. The van der Waals surface area contributed by atoms with Crippen molar-refractivity contribution in [3.05, 3.63) is 24.2 Å². The van der Waals surface area contributed by atoms with E-state index in [9.17, 15) is 14.4 Å². The number of rotatable bonds is 8. The van der Waals surface area contributed by atoms with Gasteiger partial charge >= 0.3 is 12.1 Å². The Labute approximate surface area is 139 Å². The number of ether oxygens (including phenoxy) is 3. The number of carbonyl (C=O) groups excluding carboxylic acids is 3. The van der Waals surface area contributed by atoms with Crippen LogP contribution in [-0.2, 0) is 19.0 Å². The Bertz CT molecular complexity index is 608. The Hall–Kier alpha value is -2.51. The van der Waals surface area contributed by atoms with E-state index in [1.807, 2.05) is 6.92 Å². The molecule has 1 heterocycles. The van der Waals surface area contributed by atoms with Gasteiger partial charge in [0.1, 0.15) is 11.2 Å². The van der Waals surface area contributed by atoms with Gasteiger partial charge in [0, 0.05) is 13.8 Å². The molecule has 0 atom stereocenters. The third-order valence-corrected chi connectivity index (χ3v) is 2.92. The number of ketones is 1. The normalized spacial score (nSPS) is 11.7. The van der Waals surface area contributed by atoms with Gasteiger partial charge in [-0.1, -0.05) is 19.9 Å². The number of hydrogen-bond acceptors (Lipinski definition) is 8. The molecule has 0 unspecified atom stereocenters.